The van der Waals surface area contributed by atoms with Crippen molar-refractivity contribution in [2.24, 2.45) is 0 Å². The fourth-order valence-electron chi connectivity index (χ4n) is 2.45. The van der Waals surface area contributed by atoms with Crippen molar-refractivity contribution in [3.63, 3.8) is 0 Å². The Kier molecular flexibility index (Phi) is 4.74. The maximum absolute atomic E-state index is 11.9. The minimum Gasteiger partial charge on any atom is -0.446 e. The number of H-pyrrole nitrogens is 1. The summed E-state index contributed by atoms with van der Waals surface area (Å²) in [7, 11) is 0. The average Bonchev–Trinajstić information content (AvgIpc) is 3.03. The first kappa shape index (κ1) is 16.0. The zero-order valence-electron chi connectivity index (χ0n) is 13.7. The van der Waals surface area contributed by atoms with Gasteiger partial charge in [0.15, 0.2) is 5.65 Å². The predicted octanol–water partition coefficient (Wildman–Crippen LogP) is 4.36. The lowest BCUT2D eigenvalue weighted by molar-refractivity contribution is 0.106. The minimum atomic E-state index is -0.469. The first-order valence-corrected chi connectivity index (χ1v) is 8.08. The molecule has 0 saturated carbocycles. The molecule has 0 saturated heterocycles. The van der Waals surface area contributed by atoms with E-state index < -0.39 is 6.09 Å². The lowest BCUT2D eigenvalue weighted by Gasteiger charge is -2.14. The second kappa shape index (κ2) is 7.12. The number of fused-ring (bicyclic) bond motifs is 1. The van der Waals surface area contributed by atoms with Gasteiger partial charge in [0, 0.05) is 5.56 Å². The van der Waals surface area contributed by atoms with Crippen LogP contribution in [0.2, 0.25) is 0 Å². The maximum Gasteiger partial charge on any atom is 0.411 e. The standard InChI is InChI=1S/C18H20N4O2/c1-3-14(4-2)24-18(23)20-13-10-15-17(19-11-13)22-16(21-15)12-8-6-5-7-9-12/h5-11,14H,3-4H2,1-2H3,(H,20,23)(H,19,21,22). The van der Waals surface area contributed by atoms with Crippen LogP contribution < -0.4 is 5.32 Å². The lowest BCUT2D eigenvalue weighted by atomic mass is 10.2. The Bertz CT molecular complexity index is 825. The summed E-state index contributed by atoms with van der Waals surface area (Å²) in [4.78, 5) is 23.9. The highest BCUT2D eigenvalue weighted by atomic mass is 16.6. The fraction of sp³-hybridized carbons (Fsp3) is 0.278. The van der Waals surface area contributed by atoms with E-state index in [1.165, 1.54) is 0 Å². The van der Waals surface area contributed by atoms with Gasteiger partial charge < -0.3 is 9.72 Å². The molecule has 3 aromatic rings. The van der Waals surface area contributed by atoms with Crippen LogP contribution in [0.15, 0.2) is 42.6 Å². The number of benzene rings is 1. The normalized spacial score (nSPS) is 11.0. The summed E-state index contributed by atoms with van der Waals surface area (Å²) >= 11 is 0. The number of ether oxygens (including phenoxy) is 1. The van der Waals surface area contributed by atoms with Crippen molar-refractivity contribution in [2.75, 3.05) is 5.32 Å². The Labute approximate surface area is 140 Å². The average molecular weight is 324 g/mol. The number of hydrogen-bond acceptors (Lipinski definition) is 4. The quantitative estimate of drug-likeness (QED) is 0.730. The van der Waals surface area contributed by atoms with Gasteiger partial charge in [0.2, 0.25) is 0 Å². The molecule has 2 N–H and O–H groups in total. The molecule has 0 fully saturated rings. The second-order valence-electron chi connectivity index (χ2n) is 5.51. The number of aromatic nitrogens is 3. The van der Waals surface area contributed by atoms with Crippen molar-refractivity contribution in [3.05, 3.63) is 42.6 Å². The van der Waals surface area contributed by atoms with E-state index >= 15 is 0 Å². The number of hydrogen-bond donors (Lipinski definition) is 2. The van der Waals surface area contributed by atoms with Crippen molar-refractivity contribution in [1.29, 1.82) is 0 Å². The molecule has 0 aliphatic rings. The smallest absolute Gasteiger partial charge is 0.411 e. The van der Waals surface area contributed by atoms with E-state index in [0.717, 1.165) is 24.2 Å². The molecule has 2 aromatic heterocycles. The molecular weight excluding hydrogens is 304 g/mol. The van der Waals surface area contributed by atoms with Crippen LogP contribution in [-0.2, 0) is 4.74 Å². The number of pyridine rings is 1. The van der Waals surface area contributed by atoms with Crippen LogP contribution >= 0.6 is 0 Å². The molecule has 0 bridgehead atoms. The molecule has 0 atom stereocenters. The summed E-state index contributed by atoms with van der Waals surface area (Å²) in [5.41, 5.74) is 2.91. The summed E-state index contributed by atoms with van der Waals surface area (Å²) in [6.07, 6.45) is 2.63. The van der Waals surface area contributed by atoms with Crippen LogP contribution in [0.25, 0.3) is 22.6 Å². The van der Waals surface area contributed by atoms with Gasteiger partial charge in [-0.05, 0) is 18.9 Å². The Balaban J connectivity index is 1.78. The monoisotopic (exact) mass is 324 g/mol. The SMILES string of the molecule is CCC(CC)OC(=O)Nc1cnc2[nH]c(-c3ccccc3)nc2c1. The summed E-state index contributed by atoms with van der Waals surface area (Å²) in [6.45, 7) is 3.98. The number of nitrogens with one attached hydrogen (secondary N) is 2. The van der Waals surface area contributed by atoms with Crippen molar-refractivity contribution in [2.45, 2.75) is 32.8 Å². The number of carbonyl (C=O) groups excluding carboxylic acids is 1. The molecule has 6 nitrogen and oxygen atoms in total. The predicted molar refractivity (Wildman–Crippen MR) is 93.8 cm³/mol. The number of nitrogens with zero attached hydrogens (tertiary/aromatic N) is 2. The Morgan fingerprint density at radius 3 is 2.71 bits per heavy atom. The molecule has 0 radical (unpaired) electrons. The third kappa shape index (κ3) is 3.53. The van der Waals surface area contributed by atoms with Crippen molar-refractivity contribution in [3.8, 4) is 11.4 Å². The van der Waals surface area contributed by atoms with E-state index in [2.05, 4.69) is 20.3 Å². The molecule has 0 aliphatic heterocycles. The van der Waals surface area contributed by atoms with Gasteiger partial charge in [-0.1, -0.05) is 44.2 Å². The summed E-state index contributed by atoms with van der Waals surface area (Å²) < 4.78 is 5.33. The Hall–Kier alpha value is -2.89. The highest BCUT2D eigenvalue weighted by Crippen LogP contribution is 2.21. The Morgan fingerprint density at radius 2 is 2.00 bits per heavy atom. The zero-order chi connectivity index (χ0) is 16.9. The van der Waals surface area contributed by atoms with E-state index in [4.69, 9.17) is 4.74 Å². The van der Waals surface area contributed by atoms with Crippen LogP contribution in [0.3, 0.4) is 0 Å². The zero-order valence-corrected chi connectivity index (χ0v) is 13.7. The van der Waals surface area contributed by atoms with Crippen molar-refractivity contribution < 1.29 is 9.53 Å². The van der Waals surface area contributed by atoms with E-state index in [1.807, 2.05) is 44.2 Å². The third-order valence-electron chi connectivity index (χ3n) is 3.81. The number of aromatic amines is 1. The van der Waals surface area contributed by atoms with Crippen LogP contribution in [0.4, 0.5) is 10.5 Å². The molecule has 0 spiro atoms. The van der Waals surface area contributed by atoms with Crippen LogP contribution in [0.1, 0.15) is 26.7 Å². The lowest BCUT2D eigenvalue weighted by Crippen LogP contribution is -2.21. The molecule has 1 amide bonds. The summed E-state index contributed by atoms with van der Waals surface area (Å²) in [5.74, 6) is 0.745. The van der Waals surface area contributed by atoms with E-state index in [1.54, 1.807) is 12.3 Å². The van der Waals surface area contributed by atoms with E-state index in [-0.39, 0.29) is 6.10 Å². The topological polar surface area (TPSA) is 79.9 Å². The van der Waals surface area contributed by atoms with Gasteiger partial charge in [0.1, 0.15) is 17.4 Å². The number of carbonyl (C=O) groups is 1. The molecule has 0 aliphatic carbocycles. The Morgan fingerprint density at radius 1 is 1.25 bits per heavy atom. The molecule has 124 valence electrons. The van der Waals surface area contributed by atoms with Crippen LogP contribution in [0, 0.1) is 0 Å². The van der Waals surface area contributed by atoms with Gasteiger partial charge in [-0.15, -0.1) is 0 Å². The highest BCUT2D eigenvalue weighted by Gasteiger charge is 2.12. The molecule has 1 aromatic carbocycles. The third-order valence-corrected chi connectivity index (χ3v) is 3.81. The number of anilines is 1. The second-order valence-corrected chi connectivity index (χ2v) is 5.51. The van der Waals surface area contributed by atoms with Crippen molar-refractivity contribution >= 4 is 22.9 Å². The first-order chi connectivity index (χ1) is 11.7. The van der Waals surface area contributed by atoms with Gasteiger partial charge in [-0.25, -0.2) is 14.8 Å². The van der Waals surface area contributed by atoms with Gasteiger partial charge in [-0.3, -0.25) is 5.32 Å². The number of amides is 1. The largest absolute Gasteiger partial charge is 0.446 e. The van der Waals surface area contributed by atoms with E-state index in [9.17, 15) is 4.79 Å². The number of imidazole rings is 1. The van der Waals surface area contributed by atoms with Crippen LogP contribution in [0.5, 0.6) is 0 Å². The molecule has 0 unspecified atom stereocenters. The summed E-state index contributed by atoms with van der Waals surface area (Å²) in [6, 6.07) is 11.6. The fourth-order valence-corrected chi connectivity index (χ4v) is 2.45. The molecular formula is C18H20N4O2. The van der Waals surface area contributed by atoms with Crippen LogP contribution in [-0.4, -0.2) is 27.1 Å². The summed E-state index contributed by atoms with van der Waals surface area (Å²) in [5, 5.41) is 2.70. The van der Waals surface area contributed by atoms with Crippen molar-refractivity contribution in [1.82, 2.24) is 15.0 Å². The van der Waals surface area contributed by atoms with Gasteiger partial charge in [-0.2, -0.15) is 0 Å². The van der Waals surface area contributed by atoms with Gasteiger partial charge in [0.25, 0.3) is 0 Å². The first-order valence-electron chi connectivity index (χ1n) is 8.08. The molecule has 24 heavy (non-hydrogen) atoms. The minimum absolute atomic E-state index is 0.0724. The maximum atomic E-state index is 11.9. The molecule has 2 heterocycles. The van der Waals surface area contributed by atoms with Gasteiger partial charge >= 0.3 is 6.09 Å². The molecule has 6 heteroatoms. The highest BCUT2D eigenvalue weighted by molar-refractivity contribution is 5.87. The van der Waals surface area contributed by atoms with E-state index in [0.29, 0.717) is 16.9 Å². The number of rotatable bonds is 5. The molecule has 3 rings (SSSR count). The van der Waals surface area contributed by atoms with Gasteiger partial charge in [0.05, 0.1) is 11.9 Å².